The number of anilines is 1. The second kappa shape index (κ2) is 3.99. The Morgan fingerprint density at radius 3 is 2.53 bits per heavy atom. The van der Waals surface area contributed by atoms with Gasteiger partial charge in [-0.3, -0.25) is 0 Å². The summed E-state index contributed by atoms with van der Waals surface area (Å²) in [6.45, 7) is 6.87. The van der Waals surface area contributed by atoms with Gasteiger partial charge in [-0.15, -0.1) is 11.6 Å². The molecule has 0 saturated carbocycles. The van der Waals surface area contributed by atoms with Crippen molar-refractivity contribution in [3.05, 3.63) is 28.2 Å². The van der Waals surface area contributed by atoms with Crippen LogP contribution in [0, 0.1) is 5.41 Å². The molecule has 1 fully saturated rings. The van der Waals surface area contributed by atoms with Gasteiger partial charge in [-0.1, -0.05) is 35.8 Å². The van der Waals surface area contributed by atoms with E-state index >= 15 is 0 Å². The van der Waals surface area contributed by atoms with E-state index in [0.29, 0.717) is 11.3 Å². The van der Waals surface area contributed by atoms with Crippen LogP contribution in [0.3, 0.4) is 0 Å². The topological polar surface area (TPSA) is 3.24 Å². The van der Waals surface area contributed by atoms with E-state index in [1.165, 1.54) is 5.69 Å². The van der Waals surface area contributed by atoms with Crippen LogP contribution < -0.4 is 4.90 Å². The number of nitrogens with zero attached hydrogens (tertiary/aromatic N) is 1. The third-order valence-corrected chi connectivity index (χ3v) is 3.81. The Balaban J connectivity index is 2.14. The minimum atomic E-state index is 0.470. The van der Waals surface area contributed by atoms with E-state index in [2.05, 4.69) is 52.9 Å². The van der Waals surface area contributed by atoms with E-state index in [1.54, 1.807) is 0 Å². The fourth-order valence-corrected chi connectivity index (χ4v) is 2.91. The van der Waals surface area contributed by atoms with Crippen molar-refractivity contribution in [2.75, 3.05) is 18.0 Å². The van der Waals surface area contributed by atoms with E-state index in [9.17, 15) is 0 Å². The molecule has 0 aliphatic carbocycles. The van der Waals surface area contributed by atoms with Crippen LogP contribution in [-0.4, -0.2) is 13.1 Å². The van der Waals surface area contributed by atoms with Crippen LogP contribution in [0.1, 0.15) is 19.4 Å². The fraction of sp³-hybridized carbons (Fsp3) is 0.500. The molecule has 0 unspecified atom stereocenters. The molecule has 0 amide bonds. The molecule has 1 aliphatic rings. The lowest BCUT2D eigenvalue weighted by Gasteiger charge is -2.47. The molecule has 0 radical (unpaired) electrons. The summed E-state index contributed by atoms with van der Waals surface area (Å²) in [5.74, 6) is 0.562. The van der Waals surface area contributed by atoms with Crippen molar-refractivity contribution in [3.8, 4) is 0 Å². The van der Waals surface area contributed by atoms with Gasteiger partial charge in [0, 0.05) is 29.1 Å². The molecule has 1 aromatic rings. The molecule has 1 heterocycles. The minimum Gasteiger partial charge on any atom is -0.370 e. The molecule has 15 heavy (non-hydrogen) atoms. The van der Waals surface area contributed by atoms with Crippen LogP contribution in [-0.2, 0) is 5.88 Å². The van der Waals surface area contributed by atoms with Gasteiger partial charge >= 0.3 is 0 Å². The summed E-state index contributed by atoms with van der Waals surface area (Å²) in [5.41, 5.74) is 2.91. The highest BCUT2D eigenvalue weighted by atomic mass is 79.9. The van der Waals surface area contributed by atoms with Gasteiger partial charge in [0.15, 0.2) is 0 Å². The number of alkyl halides is 1. The van der Waals surface area contributed by atoms with Crippen LogP contribution in [0.4, 0.5) is 5.69 Å². The maximum Gasteiger partial charge on any atom is 0.0485 e. The molecule has 82 valence electrons. The summed E-state index contributed by atoms with van der Waals surface area (Å²) in [6, 6.07) is 6.41. The predicted molar refractivity (Wildman–Crippen MR) is 69.7 cm³/mol. The monoisotopic (exact) mass is 287 g/mol. The number of hydrogen-bond acceptors (Lipinski definition) is 1. The summed E-state index contributed by atoms with van der Waals surface area (Å²) >= 11 is 9.36. The van der Waals surface area contributed by atoms with Gasteiger partial charge in [0.25, 0.3) is 0 Å². The lowest BCUT2D eigenvalue weighted by molar-refractivity contribution is 0.276. The van der Waals surface area contributed by atoms with Gasteiger partial charge in [-0.25, -0.2) is 0 Å². The second-order valence-electron chi connectivity index (χ2n) is 4.93. The van der Waals surface area contributed by atoms with Crippen molar-refractivity contribution in [2.24, 2.45) is 5.41 Å². The van der Waals surface area contributed by atoms with Gasteiger partial charge in [0.1, 0.15) is 0 Å². The highest BCUT2D eigenvalue weighted by molar-refractivity contribution is 9.10. The average molecular weight is 289 g/mol. The number of benzene rings is 1. The molecule has 3 heteroatoms. The van der Waals surface area contributed by atoms with Crippen LogP contribution in [0.15, 0.2) is 22.7 Å². The van der Waals surface area contributed by atoms with E-state index in [4.69, 9.17) is 11.6 Å². The molecule has 0 aromatic heterocycles. The average Bonchev–Trinajstić information content (AvgIpc) is 2.14. The van der Waals surface area contributed by atoms with Crippen molar-refractivity contribution in [1.82, 2.24) is 0 Å². The van der Waals surface area contributed by atoms with E-state index in [0.717, 1.165) is 23.1 Å². The lowest BCUT2D eigenvalue weighted by Crippen LogP contribution is -2.53. The Hall–Kier alpha value is -0.210. The van der Waals surface area contributed by atoms with E-state index in [-0.39, 0.29) is 0 Å². The Bertz CT molecular complexity index is 368. The van der Waals surface area contributed by atoms with Gasteiger partial charge in [-0.2, -0.15) is 0 Å². The van der Waals surface area contributed by atoms with Gasteiger partial charge in [-0.05, 0) is 23.1 Å². The number of halogens is 2. The predicted octanol–water partition coefficient (Wildman–Crippen LogP) is 4.03. The molecule has 0 atom stereocenters. The van der Waals surface area contributed by atoms with Gasteiger partial charge in [0.2, 0.25) is 0 Å². The van der Waals surface area contributed by atoms with Crippen LogP contribution in [0.5, 0.6) is 0 Å². The smallest absolute Gasteiger partial charge is 0.0485 e. The van der Waals surface area contributed by atoms with Crippen molar-refractivity contribution in [1.29, 1.82) is 0 Å². The Labute approximate surface area is 105 Å². The van der Waals surface area contributed by atoms with Crippen molar-refractivity contribution in [3.63, 3.8) is 0 Å². The molecule has 1 saturated heterocycles. The van der Waals surface area contributed by atoms with Gasteiger partial charge in [0.05, 0.1) is 0 Å². The van der Waals surface area contributed by atoms with Gasteiger partial charge < -0.3 is 4.90 Å². The SMILES string of the molecule is CC1(C)CN(c2ccc(CCl)c(Br)c2)C1. The van der Waals surface area contributed by atoms with Crippen molar-refractivity contribution in [2.45, 2.75) is 19.7 Å². The Morgan fingerprint density at radius 2 is 2.07 bits per heavy atom. The van der Waals surface area contributed by atoms with E-state index < -0.39 is 0 Å². The summed E-state index contributed by atoms with van der Waals surface area (Å²) in [5, 5.41) is 0. The summed E-state index contributed by atoms with van der Waals surface area (Å²) in [4.78, 5) is 2.39. The molecule has 0 N–H and O–H groups in total. The highest BCUT2D eigenvalue weighted by Crippen LogP contribution is 2.35. The Morgan fingerprint density at radius 1 is 1.40 bits per heavy atom. The molecule has 0 bridgehead atoms. The normalized spacial score (nSPS) is 18.8. The van der Waals surface area contributed by atoms with Crippen LogP contribution >= 0.6 is 27.5 Å². The zero-order chi connectivity index (χ0) is 11.1. The summed E-state index contributed by atoms with van der Waals surface area (Å²) < 4.78 is 1.11. The molecule has 1 aliphatic heterocycles. The zero-order valence-corrected chi connectivity index (χ0v) is 11.4. The number of hydrogen-bond donors (Lipinski definition) is 0. The third-order valence-electron chi connectivity index (χ3n) is 2.78. The first kappa shape index (κ1) is 11.3. The molecule has 2 rings (SSSR count). The molecule has 1 aromatic carbocycles. The number of rotatable bonds is 2. The molecule has 0 spiro atoms. The fourth-order valence-electron chi connectivity index (χ4n) is 2.01. The zero-order valence-electron chi connectivity index (χ0n) is 9.06. The van der Waals surface area contributed by atoms with Crippen molar-refractivity contribution < 1.29 is 0 Å². The lowest BCUT2D eigenvalue weighted by atomic mass is 9.84. The first-order valence-electron chi connectivity index (χ1n) is 5.11. The van der Waals surface area contributed by atoms with Crippen molar-refractivity contribution >= 4 is 33.2 Å². The maximum atomic E-state index is 5.81. The maximum absolute atomic E-state index is 5.81. The first-order chi connectivity index (χ1) is 7.02. The Kier molecular flexibility index (Phi) is 3.00. The molecular weight excluding hydrogens is 273 g/mol. The van der Waals surface area contributed by atoms with Crippen LogP contribution in [0.25, 0.3) is 0 Å². The summed E-state index contributed by atoms with van der Waals surface area (Å²) in [7, 11) is 0. The molecular formula is C12H15BrClN. The van der Waals surface area contributed by atoms with E-state index in [1.807, 2.05) is 0 Å². The first-order valence-corrected chi connectivity index (χ1v) is 6.44. The minimum absolute atomic E-state index is 0.470. The third kappa shape index (κ3) is 2.31. The second-order valence-corrected chi connectivity index (χ2v) is 6.05. The highest BCUT2D eigenvalue weighted by Gasteiger charge is 2.34. The van der Waals surface area contributed by atoms with Crippen LogP contribution in [0.2, 0.25) is 0 Å². The standard InChI is InChI=1S/C12H15BrClN/c1-12(2)7-15(8-12)10-4-3-9(6-14)11(13)5-10/h3-5H,6-8H2,1-2H3. The summed E-state index contributed by atoms with van der Waals surface area (Å²) in [6.07, 6.45) is 0. The quantitative estimate of drug-likeness (QED) is 0.743. The molecule has 1 nitrogen and oxygen atoms in total. The largest absolute Gasteiger partial charge is 0.370 e.